The number of aliphatic hydroxyl groups excluding tert-OH is 1. The Morgan fingerprint density at radius 3 is 2.88 bits per heavy atom. The first-order chi connectivity index (χ1) is 8.25. The maximum Gasteiger partial charge on any atom is 0.0731 e. The van der Waals surface area contributed by atoms with Gasteiger partial charge in [0.15, 0.2) is 0 Å². The van der Waals surface area contributed by atoms with E-state index in [4.69, 9.17) is 4.74 Å². The van der Waals surface area contributed by atoms with Crippen LogP contribution >= 0.6 is 0 Å². The van der Waals surface area contributed by atoms with Crippen LogP contribution in [0.2, 0.25) is 0 Å². The van der Waals surface area contributed by atoms with Gasteiger partial charge in [-0.1, -0.05) is 6.92 Å². The molecule has 1 saturated heterocycles. The van der Waals surface area contributed by atoms with Gasteiger partial charge in [-0.25, -0.2) is 0 Å². The van der Waals surface area contributed by atoms with E-state index in [1.165, 1.54) is 32.1 Å². The highest BCUT2D eigenvalue weighted by Crippen LogP contribution is 2.36. The number of nitrogens with zero attached hydrogens (tertiary/aromatic N) is 1. The number of rotatable bonds is 1. The lowest BCUT2D eigenvalue weighted by atomic mass is 9.83. The molecule has 98 valence electrons. The molecule has 0 aromatic carbocycles. The van der Waals surface area contributed by atoms with Crippen LogP contribution in [0.15, 0.2) is 0 Å². The molecule has 3 aliphatic rings. The van der Waals surface area contributed by atoms with Gasteiger partial charge < -0.3 is 9.84 Å². The highest BCUT2D eigenvalue weighted by Gasteiger charge is 2.42. The molecule has 3 nitrogen and oxygen atoms in total. The van der Waals surface area contributed by atoms with Gasteiger partial charge in [-0.05, 0) is 44.4 Å². The zero-order valence-corrected chi connectivity index (χ0v) is 10.8. The van der Waals surface area contributed by atoms with Crippen LogP contribution in [0, 0.1) is 5.92 Å². The predicted octanol–water partition coefficient (Wildman–Crippen LogP) is 1.79. The molecule has 3 rings (SSSR count). The van der Waals surface area contributed by atoms with Crippen LogP contribution in [-0.2, 0) is 4.74 Å². The molecule has 3 fully saturated rings. The van der Waals surface area contributed by atoms with Crippen molar-refractivity contribution in [1.82, 2.24) is 4.90 Å². The third-order valence-corrected chi connectivity index (χ3v) is 4.99. The van der Waals surface area contributed by atoms with E-state index < -0.39 is 0 Å². The van der Waals surface area contributed by atoms with Crippen molar-refractivity contribution in [2.75, 3.05) is 13.2 Å². The van der Waals surface area contributed by atoms with Gasteiger partial charge in [0.25, 0.3) is 0 Å². The van der Waals surface area contributed by atoms with Crippen LogP contribution in [0.1, 0.15) is 45.4 Å². The standard InChI is InChI=1S/C14H25NO2/c1-10-5-6-13(16)12(9-10)15-7-8-17-14-4-2-3-11(14)15/h10-14,16H,2-9H2,1H3. The Balaban J connectivity index is 1.72. The Hall–Kier alpha value is -0.120. The summed E-state index contributed by atoms with van der Waals surface area (Å²) in [6.45, 7) is 4.21. The maximum absolute atomic E-state index is 10.3. The van der Waals surface area contributed by atoms with Crippen LogP contribution in [-0.4, -0.2) is 47.4 Å². The Morgan fingerprint density at radius 2 is 2.00 bits per heavy atom. The number of hydrogen-bond acceptors (Lipinski definition) is 3. The largest absolute Gasteiger partial charge is 0.391 e. The average Bonchev–Trinajstić information content (AvgIpc) is 2.80. The summed E-state index contributed by atoms with van der Waals surface area (Å²) in [5, 5.41) is 10.3. The van der Waals surface area contributed by atoms with Crippen molar-refractivity contribution in [3.05, 3.63) is 0 Å². The molecular weight excluding hydrogens is 214 g/mol. The van der Waals surface area contributed by atoms with Gasteiger partial charge in [-0.15, -0.1) is 0 Å². The van der Waals surface area contributed by atoms with Gasteiger partial charge in [0.05, 0.1) is 18.8 Å². The fourth-order valence-electron chi connectivity index (χ4n) is 4.06. The molecular formula is C14H25NO2. The van der Waals surface area contributed by atoms with Crippen LogP contribution in [0.3, 0.4) is 0 Å². The van der Waals surface area contributed by atoms with Crippen molar-refractivity contribution in [1.29, 1.82) is 0 Å². The van der Waals surface area contributed by atoms with Crippen LogP contribution in [0.4, 0.5) is 0 Å². The topological polar surface area (TPSA) is 32.7 Å². The lowest BCUT2D eigenvalue weighted by Gasteiger charge is -2.46. The number of aliphatic hydroxyl groups is 1. The smallest absolute Gasteiger partial charge is 0.0731 e. The first-order valence-corrected chi connectivity index (χ1v) is 7.31. The molecule has 3 heteroatoms. The van der Waals surface area contributed by atoms with Gasteiger partial charge in [0, 0.05) is 18.6 Å². The summed E-state index contributed by atoms with van der Waals surface area (Å²) in [4.78, 5) is 2.58. The fourth-order valence-corrected chi connectivity index (χ4v) is 4.06. The molecule has 0 amide bonds. The Kier molecular flexibility index (Phi) is 3.42. The van der Waals surface area contributed by atoms with Gasteiger partial charge in [-0.3, -0.25) is 4.90 Å². The zero-order chi connectivity index (χ0) is 11.8. The van der Waals surface area contributed by atoms with E-state index in [0.717, 1.165) is 25.5 Å². The Labute approximate surface area is 104 Å². The van der Waals surface area contributed by atoms with Gasteiger partial charge in [0.1, 0.15) is 0 Å². The van der Waals surface area contributed by atoms with E-state index >= 15 is 0 Å². The maximum atomic E-state index is 10.3. The molecule has 1 N–H and O–H groups in total. The molecule has 5 unspecified atom stereocenters. The van der Waals surface area contributed by atoms with Crippen molar-refractivity contribution in [2.24, 2.45) is 5.92 Å². The van der Waals surface area contributed by atoms with Crippen molar-refractivity contribution in [2.45, 2.75) is 69.7 Å². The number of fused-ring (bicyclic) bond motifs is 1. The Morgan fingerprint density at radius 1 is 1.12 bits per heavy atom. The second-order valence-electron chi connectivity index (χ2n) is 6.20. The summed E-state index contributed by atoms with van der Waals surface area (Å²) in [5.74, 6) is 0.770. The van der Waals surface area contributed by atoms with Crippen LogP contribution in [0.25, 0.3) is 0 Å². The molecule has 2 aliphatic carbocycles. The van der Waals surface area contributed by atoms with Crippen molar-refractivity contribution >= 4 is 0 Å². The molecule has 17 heavy (non-hydrogen) atoms. The summed E-state index contributed by atoms with van der Waals surface area (Å²) in [7, 11) is 0. The van der Waals surface area contributed by atoms with Crippen LogP contribution < -0.4 is 0 Å². The van der Waals surface area contributed by atoms with E-state index in [9.17, 15) is 5.11 Å². The first-order valence-electron chi connectivity index (χ1n) is 7.31. The lowest BCUT2D eigenvalue weighted by Crippen LogP contribution is -2.57. The van der Waals surface area contributed by atoms with E-state index in [0.29, 0.717) is 18.2 Å². The highest BCUT2D eigenvalue weighted by atomic mass is 16.5. The molecule has 0 aromatic heterocycles. The highest BCUT2D eigenvalue weighted by molar-refractivity contribution is 4.96. The SMILES string of the molecule is CC1CCC(O)C(N2CCOC3CCCC32)C1. The summed E-state index contributed by atoms with van der Waals surface area (Å²) in [6, 6.07) is 0.988. The molecule has 0 aromatic rings. The lowest BCUT2D eigenvalue weighted by molar-refractivity contribution is -0.103. The summed E-state index contributed by atoms with van der Waals surface area (Å²) in [6.07, 6.45) is 7.48. The summed E-state index contributed by atoms with van der Waals surface area (Å²) >= 11 is 0. The monoisotopic (exact) mass is 239 g/mol. The van der Waals surface area contributed by atoms with E-state index in [-0.39, 0.29) is 6.10 Å². The normalized spacial score (nSPS) is 48.0. The van der Waals surface area contributed by atoms with Gasteiger partial charge in [-0.2, -0.15) is 0 Å². The zero-order valence-electron chi connectivity index (χ0n) is 10.8. The summed E-state index contributed by atoms with van der Waals surface area (Å²) < 4.78 is 5.86. The minimum atomic E-state index is -0.106. The first kappa shape index (κ1) is 11.9. The molecule has 2 saturated carbocycles. The third-order valence-electron chi connectivity index (χ3n) is 4.99. The Bertz CT molecular complexity index is 271. The van der Waals surface area contributed by atoms with E-state index in [1.54, 1.807) is 0 Å². The fraction of sp³-hybridized carbons (Fsp3) is 1.00. The van der Waals surface area contributed by atoms with Gasteiger partial charge >= 0.3 is 0 Å². The van der Waals surface area contributed by atoms with E-state index in [2.05, 4.69) is 11.8 Å². The van der Waals surface area contributed by atoms with Crippen molar-refractivity contribution < 1.29 is 9.84 Å². The second kappa shape index (κ2) is 4.87. The molecule has 1 aliphatic heterocycles. The van der Waals surface area contributed by atoms with Gasteiger partial charge in [0.2, 0.25) is 0 Å². The third kappa shape index (κ3) is 2.25. The molecule has 0 radical (unpaired) electrons. The number of morpholine rings is 1. The molecule has 5 atom stereocenters. The number of ether oxygens (including phenoxy) is 1. The average molecular weight is 239 g/mol. The minimum Gasteiger partial charge on any atom is -0.391 e. The molecule has 1 heterocycles. The quantitative estimate of drug-likeness (QED) is 0.757. The van der Waals surface area contributed by atoms with Crippen molar-refractivity contribution in [3.63, 3.8) is 0 Å². The number of hydrogen-bond donors (Lipinski definition) is 1. The minimum absolute atomic E-state index is 0.106. The predicted molar refractivity (Wildman–Crippen MR) is 66.9 cm³/mol. The van der Waals surface area contributed by atoms with Crippen LogP contribution in [0.5, 0.6) is 0 Å². The molecule has 0 bridgehead atoms. The molecule has 0 spiro atoms. The van der Waals surface area contributed by atoms with Crippen molar-refractivity contribution in [3.8, 4) is 0 Å². The second-order valence-corrected chi connectivity index (χ2v) is 6.20. The van der Waals surface area contributed by atoms with E-state index in [1.807, 2.05) is 0 Å². The summed E-state index contributed by atoms with van der Waals surface area (Å²) in [5.41, 5.74) is 0.